The van der Waals surface area contributed by atoms with E-state index in [2.05, 4.69) is 41.6 Å². The average molecular weight is 454 g/mol. The smallest absolute Gasteiger partial charge is 0.242 e. The Kier molecular flexibility index (Phi) is 5.25. The van der Waals surface area contributed by atoms with Crippen LogP contribution in [0.3, 0.4) is 0 Å². The van der Waals surface area contributed by atoms with Crippen LogP contribution >= 0.6 is 43.2 Å². The van der Waals surface area contributed by atoms with Gasteiger partial charge in [-0.05, 0) is 54.4 Å². The number of nitrogens with one attached hydrogen (secondary N) is 1. The second kappa shape index (κ2) is 6.45. The lowest BCUT2D eigenvalue weighted by Gasteiger charge is -2.14. The Hall–Kier alpha value is -0.280. The molecule has 0 aliphatic heterocycles. The maximum absolute atomic E-state index is 12.5. The molecule has 1 heterocycles. The van der Waals surface area contributed by atoms with E-state index in [9.17, 15) is 8.42 Å². The van der Waals surface area contributed by atoms with Gasteiger partial charge in [0.1, 0.15) is 5.01 Å². The van der Waals surface area contributed by atoms with Gasteiger partial charge in [-0.15, -0.1) is 11.3 Å². The summed E-state index contributed by atoms with van der Waals surface area (Å²) in [7, 11) is -3.63. The summed E-state index contributed by atoms with van der Waals surface area (Å²) < 4.78 is 29.0. The van der Waals surface area contributed by atoms with Gasteiger partial charge in [0, 0.05) is 20.0 Å². The van der Waals surface area contributed by atoms with E-state index in [0.717, 1.165) is 19.9 Å². The zero-order valence-corrected chi connectivity index (χ0v) is 16.5. The number of sulfonamides is 1. The zero-order valence-electron chi connectivity index (χ0n) is 11.6. The van der Waals surface area contributed by atoms with Gasteiger partial charge in [0.2, 0.25) is 10.0 Å². The van der Waals surface area contributed by atoms with Gasteiger partial charge in [0.05, 0.1) is 10.9 Å². The lowest BCUT2D eigenvalue weighted by Crippen LogP contribution is -2.27. The topological polar surface area (TPSA) is 59.1 Å². The fourth-order valence-corrected chi connectivity index (χ4v) is 5.49. The first-order valence-corrected chi connectivity index (χ1v) is 9.99. The summed E-state index contributed by atoms with van der Waals surface area (Å²) in [5.74, 6) is 0. The molecule has 0 saturated carbocycles. The van der Waals surface area contributed by atoms with Gasteiger partial charge in [0.15, 0.2) is 0 Å². The van der Waals surface area contributed by atoms with E-state index in [1.165, 1.54) is 11.3 Å². The van der Waals surface area contributed by atoms with Crippen LogP contribution in [0.25, 0.3) is 0 Å². The minimum absolute atomic E-state index is 0.208. The van der Waals surface area contributed by atoms with Crippen molar-refractivity contribution in [1.29, 1.82) is 0 Å². The molecule has 0 radical (unpaired) electrons. The van der Waals surface area contributed by atoms with Gasteiger partial charge in [-0.25, -0.2) is 18.1 Å². The molecule has 0 bridgehead atoms. The predicted octanol–water partition coefficient (Wildman–Crippen LogP) is 4.32. The maximum atomic E-state index is 12.5. The molecule has 1 aromatic heterocycles. The van der Waals surface area contributed by atoms with E-state index in [4.69, 9.17) is 0 Å². The molecule has 4 nitrogen and oxygen atoms in total. The Balaban J connectivity index is 2.32. The zero-order chi connectivity index (χ0) is 15.8. The number of benzene rings is 1. The van der Waals surface area contributed by atoms with Crippen molar-refractivity contribution in [3.8, 4) is 0 Å². The molecule has 1 N–H and O–H groups in total. The number of aryl methyl sites for hydroxylation is 2. The van der Waals surface area contributed by atoms with Crippen molar-refractivity contribution < 1.29 is 8.42 Å². The van der Waals surface area contributed by atoms with Gasteiger partial charge in [0.25, 0.3) is 0 Å². The number of halogens is 2. The Morgan fingerprint density at radius 2 is 1.90 bits per heavy atom. The van der Waals surface area contributed by atoms with E-state index in [1.54, 1.807) is 25.3 Å². The highest BCUT2D eigenvalue weighted by Crippen LogP contribution is 2.30. The lowest BCUT2D eigenvalue weighted by molar-refractivity contribution is 0.566. The molecule has 0 spiro atoms. The average Bonchev–Trinajstić information content (AvgIpc) is 2.80. The highest BCUT2D eigenvalue weighted by Gasteiger charge is 2.23. The first-order valence-electron chi connectivity index (χ1n) is 6.11. The van der Waals surface area contributed by atoms with Crippen LogP contribution in [0.2, 0.25) is 0 Å². The highest BCUT2D eigenvalue weighted by molar-refractivity contribution is 9.11. The van der Waals surface area contributed by atoms with Crippen LogP contribution in [0.15, 0.2) is 32.2 Å². The van der Waals surface area contributed by atoms with E-state index in [1.807, 2.05) is 13.8 Å². The Labute approximate surface area is 145 Å². The normalized spacial score (nSPS) is 13.4. The molecule has 0 saturated heterocycles. The highest BCUT2D eigenvalue weighted by atomic mass is 79.9. The van der Waals surface area contributed by atoms with Crippen molar-refractivity contribution in [2.45, 2.75) is 31.7 Å². The van der Waals surface area contributed by atoms with Gasteiger partial charge < -0.3 is 0 Å². The summed E-state index contributed by atoms with van der Waals surface area (Å²) in [4.78, 5) is 5.48. The van der Waals surface area contributed by atoms with E-state index < -0.39 is 10.0 Å². The molecular weight excluding hydrogens is 440 g/mol. The van der Waals surface area contributed by atoms with Crippen LogP contribution in [-0.2, 0) is 10.0 Å². The largest absolute Gasteiger partial charge is 0.248 e. The molecule has 1 unspecified atom stereocenters. The Morgan fingerprint density at radius 1 is 1.24 bits per heavy atom. The third-order valence-electron chi connectivity index (χ3n) is 2.84. The van der Waals surface area contributed by atoms with Gasteiger partial charge in [-0.3, -0.25) is 0 Å². The van der Waals surface area contributed by atoms with E-state index in [0.29, 0.717) is 4.47 Å². The van der Waals surface area contributed by atoms with Crippen molar-refractivity contribution >= 4 is 53.2 Å². The molecule has 0 fully saturated rings. The molecule has 0 aliphatic rings. The summed E-state index contributed by atoms with van der Waals surface area (Å²) in [5.41, 5.74) is 0.962. The minimum atomic E-state index is -3.63. The summed E-state index contributed by atoms with van der Waals surface area (Å²) in [5, 5.41) is 0.748. The van der Waals surface area contributed by atoms with Crippen LogP contribution < -0.4 is 4.72 Å². The molecule has 114 valence electrons. The lowest BCUT2D eigenvalue weighted by atomic mass is 10.2. The summed E-state index contributed by atoms with van der Waals surface area (Å²) in [6, 6.07) is 3.00. The Bertz CT molecular complexity index is 772. The number of nitrogens with zero attached hydrogens (tertiary/aromatic N) is 1. The second-order valence-corrected chi connectivity index (χ2v) is 9.34. The number of aromatic nitrogens is 1. The fraction of sp³-hybridized carbons (Fsp3) is 0.308. The molecule has 21 heavy (non-hydrogen) atoms. The van der Waals surface area contributed by atoms with Crippen LogP contribution in [0, 0.1) is 13.8 Å². The SMILES string of the molecule is Cc1cnc(C(C)NS(=O)(=O)c2cc(Br)c(C)cc2Br)s1. The fourth-order valence-electron chi connectivity index (χ4n) is 1.75. The van der Waals surface area contributed by atoms with Crippen molar-refractivity contribution in [3.63, 3.8) is 0 Å². The summed E-state index contributed by atoms with van der Waals surface area (Å²) in [6.07, 6.45) is 1.74. The van der Waals surface area contributed by atoms with E-state index in [-0.39, 0.29) is 10.9 Å². The van der Waals surface area contributed by atoms with Gasteiger partial charge in [-0.2, -0.15) is 0 Å². The molecule has 0 aliphatic carbocycles. The summed E-state index contributed by atoms with van der Waals surface area (Å²) >= 11 is 8.16. The van der Waals surface area contributed by atoms with Crippen molar-refractivity contribution in [2.75, 3.05) is 0 Å². The molecule has 8 heteroatoms. The van der Waals surface area contributed by atoms with Crippen LogP contribution in [-0.4, -0.2) is 13.4 Å². The third kappa shape index (κ3) is 3.92. The molecular formula is C13H14Br2N2O2S2. The van der Waals surface area contributed by atoms with Gasteiger partial charge >= 0.3 is 0 Å². The first kappa shape index (κ1) is 17.1. The third-order valence-corrected chi connectivity index (χ3v) is 7.29. The standard InChI is InChI=1S/C13H14Br2N2O2S2/c1-7-4-11(15)12(5-10(7)14)21(18,19)17-9(3)13-16-6-8(2)20-13/h4-6,9,17H,1-3H3. The predicted molar refractivity (Wildman–Crippen MR) is 92.2 cm³/mol. The maximum Gasteiger partial charge on any atom is 0.242 e. The van der Waals surface area contributed by atoms with Crippen LogP contribution in [0.5, 0.6) is 0 Å². The molecule has 2 aromatic rings. The molecule has 1 aromatic carbocycles. The first-order chi connectivity index (χ1) is 9.70. The number of hydrogen-bond donors (Lipinski definition) is 1. The summed E-state index contributed by atoms with van der Waals surface area (Å²) in [6.45, 7) is 5.63. The minimum Gasteiger partial charge on any atom is -0.248 e. The quantitative estimate of drug-likeness (QED) is 0.749. The monoisotopic (exact) mass is 452 g/mol. The second-order valence-electron chi connectivity index (χ2n) is 4.68. The molecule has 0 amide bonds. The molecule has 1 atom stereocenters. The van der Waals surface area contributed by atoms with Crippen LogP contribution in [0.1, 0.15) is 28.4 Å². The number of thiazole rings is 1. The number of rotatable bonds is 4. The van der Waals surface area contributed by atoms with E-state index >= 15 is 0 Å². The molecule has 2 rings (SSSR count). The van der Waals surface area contributed by atoms with Crippen molar-refractivity contribution in [1.82, 2.24) is 9.71 Å². The van der Waals surface area contributed by atoms with Crippen LogP contribution in [0.4, 0.5) is 0 Å². The van der Waals surface area contributed by atoms with Gasteiger partial charge in [-0.1, -0.05) is 15.9 Å². The van der Waals surface area contributed by atoms with Crippen molar-refractivity contribution in [3.05, 3.63) is 42.7 Å². The number of hydrogen-bond acceptors (Lipinski definition) is 4. The Morgan fingerprint density at radius 3 is 2.48 bits per heavy atom. The van der Waals surface area contributed by atoms with Crippen molar-refractivity contribution in [2.24, 2.45) is 0 Å².